The van der Waals surface area contributed by atoms with E-state index in [0.29, 0.717) is 18.2 Å². The van der Waals surface area contributed by atoms with Crippen LogP contribution in [-0.2, 0) is 6.54 Å². The Hall–Kier alpha value is -2.20. The first-order valence-electron chi connectivity index (χ1n) is 6.26. The van der Waals surface area contributed by atoms with Crippen LogP contribution in [0.5, 0.6) is 5.75 Å². The first kappa shape index (κ1) is 12.8. The third kappa shape index (κ3) is 2.86. The predicted octanol–water partition coefficient (Wildman–Crippen LogP) is 3.88. The number of aromatic nitrogens is 2. The van der Waals surface area contributed by atoms with E-state index in [1.165, 1.54) is 0 Å². The summed E-state index contributed by atoms with van der Waals surface area (Å²) in [7, 11) is 0. The monoisotopic (exact) mass is 288 g/mol. The third-order valence-electron chi connectivity index (χ3n) is 2.85. The van der Waals surface area contributed by atoms with Crippen LogP contribution in [0.2, 0.25) is 5.02 Å². The minimum Gasteiger partial charge on any atom is -0.491 e. The molecule has 0 amide bonds. The molecule has 0 spiro atoms. The summed E-state index contributed by atoms with van der Waals surface area (Å²) in [5.74, 6) is 1.59. The first-order chi connectivity index (χ1) is 9.83. The number of halogens is 1. The lowest BCUT2D eigenvalue weighted by Gasteiger charge is -2.09. The summed E-state index contributed by atoms with van der Waals surface area (Å²) in [5.41, 5.74) is 0.941. The van der Waals surface area contributed by atoms with Gasteiger partial charge in [-0.25, -0.2) is 0 Å². The van der Waals surface area contributed by atoms with E-state index in [-0.39, 0.29) is 0 Å². The van der Waals surface area contributed by atoms with Crippen molar-refractivity contribution >= 4 is 11.6 Å². The van der Waals surface area contributed by atoms with Crippen molar-refractivity contribution in [2.24, 2.45) is 0 Å². The first-order valence-corrected chi connectivity index (χ1v) is 6.64. The van der Waals surface area contributed by atoms with Crippen LogP contribution in [0.1, 0.15) is 0 Å². The molecule has 0 radical (unpaired) electrons. The van der Waals surface area contributed by atoms with Crippen LogP contribution in [-0.4, -0.2) is 16.4 Å². The van der Waals surface area contributed by atoms with Crippen molar-refractivity contribution in [1.29, 1.82) is 0 Å². The van der Waals surface area contributed by atoms with Crippen LogP contribution in [0.3, 0.4) is 0 Å². The summed E-state index contributed by atoms with van der Waals surface area (Å²) in [5, 5.41) is 4.73. The lowest BCUT2D eigenvalue weighted by atomic mass is 10.1. The molecule has 0 atom stereocenters. The summed E-state index contributed by atoms with van der Waals surface area (Å²) < 4.78 is 13.0. The molecule has 2 heterocycles. The zero-order valence-corrected chi connectivity index (χ0v) is 11.5. The molecule has 0 unspecified atom stereocenters. The summed E-state index contributed by atoms with van der Waals surface area (Å²) in [6.45, 7) is 1.15. The van der Waals surface area contributed by atoms with Crippen molar-refractivity contribution in [2.45, 2.75) is 6.54 Å². The fraction of sp³-hybridized carbons (Fsp3) is 0.133. The van der Waals surface area contributed by atoms with E-state index < -0.39 is 0 Å². The van der Waals surface area contributed by atoms with Gasteiger partial charge in [0.15, 0.2) is 0 Å². The van der Waals surface area contributed by atoms with E-state index in [1.807, 2.05) is 36.4 Å². The number of furan rings is 1. The normalized spacial score (nSPS) is 10.7. The van der Waals surface area contributed by atoms with E-state index in [4.69, 9.17) is 20.8 Å². The Morgan fingerprint density at radius 2 is 2.10 bits per heavy atom. The fourth-order valence-electron chi connectivity index (χ4n) is 1.94. The highest BCUT2D eigenvalue weighted by molar-refractivity contribution is 6.30. The van der Waals surface area contributed by atoms with Gasteiger partial charge in [0.25, 0.3) is 0 Å². The van der Waals surface area contributed by atoms with E-state index in [9.17, 15) is 0 Å². The molecule has 0 aliphatic carbocycles. The molecule has 1 aromatic carbocycles. The second kappa shape index (κ2) is 5.84. The molecule has 2 aromatic heterocycles. The highest BCUT2D eigenvalue weighted by atomic mass is 35.5. The number of hydrogen-bond donors (Lipinski definition) is 0. The predicted molar refractivity (Wildman–Crippen MR) is 76.9 cm³/mol. The van der Waals surface area contributed by atoms with Crippen LogP contribution < -0.4 is 4.74 Å². The molecule has 102 valence electrons. The van der Waals surface area contributed by atoms with Gasteiger partial charge in [0, 0.05) is 6.20 Å². The molecule has 0 bridgehead atoms. The molecule has 0 fully saturated rings. The molecule has 0 aliphatic rings. The Morgan fingerprint density at radius 3 is 2.85 bits per heavy atom. The molecule has 0 aliphatic heterocycles. The Kier molecular flexibility index (Phi) is 3.74. The van der Waals surface area contributed by atoms with Crippen molar-refractivity contribution < 1.29 is 9.15 Å². The van der Waals surface area contributed by atoms with Crippen LogP contribution in [0.15, 0.2) is 59.5 Å². The third-order valence-corrected chi connectivity index (χ3v) is 3.05. The summed E-state index contributed by atoms with van der Waals surface area (Å²) in [6.07, 6.45) is 5.03. The van der Waals surface area contributed by atoms with Crippen LogP contribution in [0.4, 0.5) is 0 Å². The van der Waals surface area contributed by atoms with Crippen LogP contribution in [0.25, 0.3) is 11.3 Å². The Balaban J connectivity index is 1.68. The fourth-order valence-corrected chi connectivity index (χ4v) is 2.09. The Bertz CT molecular complexity index is 677. The molecule has 0 saturated carbocycles. The van der Waals surface area contributed by atoms with E-state index in [2.05, 4.69) is 5.10 Å². The minimum atomic E-state index is 0.510. The summed E-state index contributed by atoms with van der Waals surface area (Å²) >= 11 is 5.81. The smallest absolute Gasteiger partial charge is 0.137 e. The molecule has 0 saturated heterocycles. The van der Waals surface area contributed by atoms with Crippen molar-refractivity contribution in [3.63, 3.8) is 0 Å². The molecule has 5 heteroatoms. The van der Waals surface area contributed by atoms with Crippen molar-refractivity contribution in [3.8, 4) is 17.1 Å². The molecular formula is C15H13ClN2O2. The van der Waals surface area contributed by atoms with Gasteiger partial charge in [-0.3, -0.25) is 4.68 Å². The molecule has 3 rings (SSSR count). The molecule has 20 heavy (non-hydrogen) atoms. The zero-order valence-electron chi connectivity index (χ0n) is 10.7. The maximum Gasteiger partial charge on any atom is 0.137 e. The Labute approximate surface area is 121 Å². The highest BCUT2D eigenvalue weighted by Gasteiger charge is 2.08. The van der Waals surface area contributed by atoms with Crippen molar-refractivity contribution in [1.82, 2.24) is 9.78 Å². The SMILES string of the molecule is Clc1cnn(CCOc2ccccc2-c2ccco2)c1. The van der Waals surface area contributed by atoms with Gasteiger partial charge in [-0.05, 0) is 24.3 Å². The largest absolute Gasteiger partial charge is 0.491 e. The maximum atomic E-state index is 5.81. The van der Waals surface area contributed by atoms with Crippen molar-refractivity contribution in [3.05, 3.63) is 60.1 Å². The van der Waals surface area contributed by atoms with Gasteiger partial charge >= 0.3 is 0 Å². The van der Waals surface area contributed by atoms with Gasteiger partial charge in [-0.1, -0.05) is 23.7 Å². The van der Waals surface area contributed by atoms with Crippen LogP contribution in [0, 0.1) is 0 Å². The quantitative estimate of drug-likeness (QED) is 0.715. The number of para-hydroxylation sites is 1. The topological polar surface area (TPSA) is 40.2 Å². The number of ether oxygens (including phenoxy) is 1. The molecule has 3 aromatic rings. The second-order valence-electron chi connectivity index (χ2n) is 4.24. The molecular weight excluding hydrogens is 276 g/mol. The second-order valence-corrected chi connectivity index (χ2v) is 4.68. The molecule has 4 nitrogen and oxygen atoms in total. The number of nitrogens with zero attached hydrogens (tertiary/aromatic N) is 2. The van der Waals surface area contributed by atoms with Gasteiger partial charge in [-0.15, -0.1) is 0 Å². The lowest BCUT2D eigenvalue weighted by Crippen LogP contribution is -2.08. The van der Waals surface area contributed by atoms with Gasteiger partial charge in [0.1, 0.15) is 18.1 Å². The average molecular weight is 289 g/mol. The Morgan fingerprint density at radius 1 is 1.20 bits per heavy atom. The van der Waals surface area contributed by atoms with E-state index >= 15 is 0 Å². The van der Waals surface area contributed by atoms with Gasteiger partial charge < -0.3 is 9.15 Å². The average Bonchev–Trinajstić information content (AvgIpc) is 3.11. The standard InChI is InChI=1S/C15H13ClN2O2/c16-12-10-17-18(11-12)7-9-20-14-5-2-1-4-13(14)15-6-3-8-19-15/h1-6,8,10-11H,7,9H2. The van der Waals surface area contributed by atoms with Gasteiger partial charge in [0.2, 0.25) is 0 Å². The number of benzene rings is 1. The van der Waals surface area contributed by atoms with E-state index in [1.54, 1.807) is 23.3 Å². The summed E-state index contributed by atoms with van der Waals surface area (Å²) in [6, 6.07) is 11.6. The minimum absolute atomic E-state index is 0.510. The van der Waals surface area contributed by atoms with Gasteiger partial charge in [0.05, 0.1) is 29.6 Å². The van der Waals surface area contributed by atoms with E-state index in [0.717, 1.165) is 17.1 Å². The molecule has 0 N–H and O–H groups in total. The number of rotatable bonds is 5. The lowest BCUT2D eigenvalue weighted by molar-refractivity contribution is 0.292. The van der Waals surface area contributed by atoms with Crippen molar-refractivity contribution in [2.75, 3.05) is 6.61 Å². The highest BCUT2D eigenvalue weighted by Crippen LogP contribution is 2.29. The summed E-state index contributed by atoms with van der Waals surface area (Å²) in [4.78, 5) is 0. The number of hydrogen-bond acceptors (Lipinski definition) is 3. The van der Waals surface area contributed by atoms with Gasteiger partial charge in [-0.2, -0.15) is 5.10 Å². The zero-order chi connectivity index (χ0) is 13.8. The maximum absolute atomic E-state index is 5.81. The van der Waals surface area contributed by atoms with Crippen LogP contribution >= 0.6 is 11.6 Å².